The number of hydrogen-bond donors (Lipinski definition) is 2. The number of carbonyl (C=O) groups is 1. The van der Waals surface area contributed by atoms with Gasteiger partial charge in [-0.05, 0) is 13.3 Å². The number of nitrogens with one attached hydrogen (secondary N) is 1. The Bertz CT molecular complexity index is 189. The zero-order chi connectivity index (χ0) is 9.78. The minimum atomic E-state index is -0.813. The molecule has 12 heavy (non-hydrogen) atoms. The summed E-state index contributed by atoms with van der Waals surface area (Å²) in [6, 6.07) is 0. The molecule has 0 rings (SSSR count). The normalized spacial score (nSPS) is 15.0. The van der Waals surface area contributed by atoms with Crippen molar-refractivity contribution in [2.45, 2.75) is 25.8 Å². The summed E-state index contributed by atoms with van der Waals surface area (Å²) >= 11 is 5.47. The van der Waals surface area contributed by atoms with E-state index in [4.69, 9.17) is 17.3 Å². The van der Waals surface area contributed by atoms with E-state index in [0.29, 0.717) is 11.5 Å². The van der Waals surface area contributed by atoms with Crippen molar-refractivity contribution in [1.29, 1.82) is 0 Å². The summed E-state index contributed by atoms with van der Waals surface area (Å²) in [6.07, 6.45) is 0.591. The van der Waals surface area contributed by atoms with Crippen LogP contribution in [0.2, 0.25) is 0 Å². The van der Waals surface area contributed by atoms with Crippen LogP contribution in [-0.4, -0.2) is 18.0 Å². The van der Waals surface area contributed by atoms with Crippen LogP contribution in [0.4, 0.5) is 0 Å². The van der Waals surface area contributed by atoms with Crippen molar-refractivity contribution in [2.75, 3.05) is 6.54 Å². The third-order valence-corrected chi connectivity index (χ3v) is 1.83. The Hall–Kier alpha value is -0.540. The van der Waals surface area contributed by atoms with E-state index in [1.165, 1.54) is 0 Å². The molecular weight excluding hydrogens is 176 g/mol. The molecule has 0 heterocycles. The first-order chi connectivity index (χ1) is 5.40. The molecule has 0 aliphatic rings. The van der Waals surface area contributed by atoms with E-state index in [-0.39, 0.29) is 12.5 Å². The topological polar surface area (TPSA) is 55.1 Å². The van der Waals surface area contributed by atoms with Gasteiger partial charge >= 0.3 is 0 Å². The van der Waals surface area contributed by atoms with E-state index in [0.717, 1.165) is 0 Å². The van der Waals surface area contributed by atoms with Gasteiger partial charge in [0.05, 0.1) is 12.1 Å². The predicted molar refractivity (Wildman–Crippen MR) is 50.9 cm³/mol. The molecule has 0 radical (unpaired) electrons. The Labute approximate surface area is 78.0 Å². The van der Waals surface area contributed by atoms with Gasteiger partial charge in [-0.3, -0.25) is 4.79 Å². The SMILES string of the molecule is C=C(Cl)CNC(=O)C(C)(N)CC. The van der Waals surface area contributed by atoms with Crippen molar-refractivity contribution in [3.8, 4) is 0 Å². The fourth-order valence-corrected chi connectivity index (χ4v) is 0.605. The van der Waals surface area contributed by atoms with E-state index in [9.17, 15) is 4.79 Å². The molecule has 0 aromatic carbocycles. The van der Waals surface area contributed by atoms with Crippen LogP contribution < -0.4 is 11.1 Å². The lowest BCUT2D eigenvalue weighted by atomic mass is 10.00. The van der Waals surface area contributed by atoms with Crippen LogP contribution in [0.3, 0.4) is 0 Å². The third-order valence-electron chi connectivity index (χ3n) is 1.69. The van der Waals surface area contributed by atoms with E-state index < -0.39 is 5.54 Å². The summed E-state index contributed by atoms with van der Waals surface area (Å²) in [5, 5.41) is 2.98. The lowest BCUT2D eigenvalue weighted by Gasteiger charge is -2.21. The molecule has 3 N–H and O–H groups in total. The van der Waals surface area contributed by atoms with E-state index >= 15 is 0 Å². The largest absolute Gasteiger partial charge is 0.350 e. The second kappa shape index (κ2) is 4.48. The molecule has 0 aromatic rings. The smallest absolute Gasteiger partial charge is 0.240 e. The van der Waals surface area contributed by atoms with Crippen LogP contribution in [0.1, 0.15) is 20.3 Å². The standard InChI is InChI=1S/C8H15ClN2O/c1-4-8(3,10)7(12)11-5-6(2)9/h2,4-5,10H2,1,3H3,(H,11,12). The summed E-state index contributed by atoms with van der Waals surface area (Å²) < 4.78 is 0. The van der Waals surface area contributed by atoms with Gasteiger partial charge in [-0.1, -0.05) is 25.1 Å². The van der Waals surface area contributed by atoms with Crippen LogP contribution in [0, 0.1) is 0 Å². The number of carbonyl (C=O) groups excluding carboxylic acids is 1. The van der Waals surface area contributed by atoms with Crippen molar-refractivity contribution < 1.29 is 4.79 Å². The maximum Gasteiger partial charge on any atom is 0.240 e. The summed E-state index contributed by atoms with van der Waals surface area (Å²) in [4.78, 5) is 11.3. The Balaban J connectivity index is 3.96. The molecule has 0 spiro atoms. The molecule has 0 saturated carbocycles. The van der Waals surface area contributed by atoms with E-state index in [1.54, 1.807) is 6.92 Å². The summed E-state index contributed by atoms with van der Waals surface area (Å²) in [6.45, 7) is 7.25. The minimum Gasteiger partial charge on any atom is -0.350 e. The lowest BCUT2D eigenvalue weighted by Crippen LogP contribution is -2.51. The van der Waals surface area contributed by atoms with Gasteiger partial charge in [-0.2, -0.15) is 0 Å². The minimum absolute atomic E-state index is 0.202. The van der Waals surface area contributed by atoms with Gasteiger partial charge < -0.3 is 11.1 Å². The average Bonchev–Trinajstić information content (AvgIpc) is 2.00. The highest BCUT2D eigenvalue weighted by Crippen LogP contribution is 2.04. The highest BCUT2D eigenvalue weighted by atomic mass is 35.5. The van der Waals surface area contributed by atoms with Crippen molar-refractivity contribution in [3.63, 3.8) is 0 Å². The molecule has 0 saturated heterocycles. The monoisotopic (exact) mass is 190 g/mol. The van der Waals surface area contributed by atoms with Crippen LogP contribution in [-0.2, 0) is 4.79 Å². The number of halogens is 1. The molecule has 0 aliphatic carbocycles. The van der Waals surface area contributed by atoms with Crippen molar-refractivity contribution in [1.82, 2.24) is 5.32 Å². The summed E-state index contributed by atoms with van der Waals surface area (Å²) in [5.74, 6) is -0.202. The van der Waals surface area contributed by atoms with Gasteiger partial charge in [-0.25, -0.2) is 0 Å². The number of nitrogens with two attached hydrogens (primary N) is 1. The molecule has 1 unspecified atom stereocenters. The molecular formula is C8H15ClN2O. The van der Waals surface area contributed by atoms with Gasteiger partial charge in [0.15, 0.2) is 0 Å². The van der Waals surface area contributed by atoms with Crippen LogP contribution in [0.15, 0.2) is 11.6 Å². The first-order valence-electron chi connectivity index (χ1n) is 3.80. The van der Waals surface area contributed by atoms with Gasteiger partial charge in [0, 0.05) is 5.03 Å². The van der Waals surface area contributed by atoms with Crippen molar-refractivity contribution >= 4 is 17.5 Å². The number of amides is 1. The van der Waals surface area contributed by atoms with E-state index in [2.05, 4.69) is 11.9 Å². The fourth-order valence-electron chi connectivity index (χ4n) is 0.539. The van der Waals surface area contributed by atoms with Crippen molar-refractivity contribution in [2.24, 2.45) is 5.73 Å². The number of rotatable bonds is 4. The first-order valence-corrected chi connectivity index (χ1v) is 4.18. The molecule has 1 amide bonds. The fraction of sp³-hybridized carbons (Fsp3) is 0.625. The molecule has 0 aromatic heterocycles. The second-order valence-corrected chi connectivity index (χ2v) is 3.51. The van der Waals surface area contributed by atoms with Crippen LogP contribution in [0.5, 0.6) is 0 Å². The maximum atomic E-state index is 11.3. The summed E-state index contributed by atoms with van der Waals surface area (Å²) in [7, 11) is 0. The molecule has 1 atom stereocenters. The van der Waals surface area contributed by atoms with Crippen molar-refractivity contribution in [3.05, 3.63) is 11.6 Å². The van der Waals surface area contributed by atoms with Gasteiger partial charge in [0.1, 0.15) is 0 Å². The predicted octanol–water partition coefficient (Wildman–Crippen LogP) is 0.983. The Morgan fingerprint density at radius 3 is 2.58 bits per heavy atom. The molecule has 70 valence electrons. The molecule has 4 heteroatoms. The van der Waals surface area contributed by atoms with Gasteiger partial charge in [-0.15, -0.1) is 0 Å². The lowest BCUT2D eigenvalue weighted by molar-refractivity contribution is -0.125. The molecule has 0 bridgehead atoms. The Morgan fingerprint density at radius 1 is 1.75 bits per heavy atom. The molecule has 0 aliphatic heterocycles. The molecule has 3 nitrogen and oxygen atoms in total. The zero-order valence-electron chi connectivity index (χ0n) is 7.48. The first kappa shape index (κ1) is 11.5. The zero-order valence-corrected chi connectivity index (χ0v) is 8.24. The van der Waals surface area contributed by atoms with Crippen LogP contribution in [0.25, 0.3) is 0 Å². The third kappa shape index (κ3) is 3.74. The highest BCUT2D eigenvalue weighted by Gasteiger charge is 2.25. The maximum absolute atomic E-state index is 11.3. The molecule has 0 fully saturated rings. The number of hydrogen-bond acceptors (Lipinski definition) is 2. The van der Waals surface area contributed by atoms with Gasteiger partial charge in [0.25, 0.3) is 0 Å². The summed E-state index contributed by atoms with van der Waals surface area (Å²) in [5.41, 5.74) is 4.85. The second-order valence-electron chi connectivity index (χ2n) is 2.97. The Kier molecular flexibility index (Phi) is 4.28. The van der Waals surface area contributed by atoms with E-state index in [1.807, 2.05) is 6.92 Å². The Morgan fingerprint density at radius 2 is 2.25 bits per heavy atom. The van der Waals surface area contributed by atoms with Crippen LogP contribution >= 0.6 is 11.6 Å². The highest BCUT2D eigenvalue weighted by molar-refractivity contribution is 6.29. The van der Waals surface area contributed by atoms with Gasteiger partial charge in [0.2, 0.25) is 5.91 Å². The average molecular weight is 191 g/mol. The quantitative estimate of drug-likeness (QED) is 0.695.